The maximum absolute atomic E-state index is 11.3. The molecule has 0 aromatic rings. The third kappa shape index (κ3) is 4.72. The van der Waals surface area contributed by atoms with Crippen molar-refractivity contribution >= 4 is 5.97 Å². The molecule has 1 heterocycles. The van der Waals surface area contributed by atoms with Gasteiger partial charge in [0, 0.05) is 25.7 Å². The molecule has 1 aliphatic rings. The van der Waals surface area contributed by atoms with E-state index in [1.807, 2.05) is 6.92 Å². The van der Waals surface area contributed by atoms with Gasteiger partial charge in [-0.25, -0.2) is 0 Å². The van der Waals surface area contributed by atoms with Gasteiger partial charge in [-0.3, -0.25) is 9.69 Å². The molecule has 118 valence electrons. The van der Waals surface area contributed by atoms with E-state index in [0.29, 0.717) is 19.0 Å². The maximum atomic E-state index is 11.3. The van der Waals surface area contributed by atoms with E-state index >= 15 is 0 Å². The first-order chi connectivity index (χ1) is 9.42. The zero-order valence-corrected chi connectivity index (χ0v) is 13.5. The molecule has 2 N–H and O–H groups in total. The van der Waals surface area contributed by atoms with E-state index in [4.69, 9.17) is 0 Å². The van der Waals surface area contributed by atoms with Gasteiger partial charge in [-0.05, 0) is 46.3 Å². The standard InChI is InChI=1S/C15H31N3O2/c1-5-16-15(4,14(19)20)8-7-9-17-10-11-18(6-2)13(3)12-17/h13,16H,5-12H2,1-4H3,(H,19,20). The molecule has 0 aromatic heterocycles. The van der Waals surface area contributed by atoms with Gasteiger partial charge in [-0.15, -0.1) is 0 Å². The molecule has 5 nitrogen and oxygen atoms in total. The lowest BCUT2D eigenvalue weighted by Gasteiger charge is -2.39. The first-order valence-electron chi connectivity index (χ1n) is 7.87. The molecule has 0 aliphatic carbocycles. The summed E-state index contributed by atoms with van der Waals surface area (Å²) in [4.78, 5) is 16.3. The molecule has 2 unspecified atom stereocenters. The molecule has 1 fully saturated rings. The quantitative estimate of drug-likeness (QED) is 0.703. The Morgan fingerprint density at radius 1 is 1.40 bits per heavy atom. The molecular formula is C15H31N3O2. The van der Waals surface area contributed by atoms with Crippen molar-refractivity contribution < 1.29 is 9.90 Å². The molecule has 0 saturated carbocycles. The van der Waals surface area contributed by atoms with E-state index in [1.165, 1.54) is 0 Å². The lowest BCUT2D eigenvalue weighted by atomic mass is 9.95. The van der Waals surface area contributed by atoms with Crippen LogP contribution in [-0.4, -0.2) is 71.7 Å². The molecule has 2 atom stereocenters. The molecule has 1 saturated heterocycles. The van der Waals surface area contributed by atoms with Crippen LogP contribution in [0.1, 0.15) is 40.5 Å². The van der Waals surface area contributed by atoms with Gasteiger partial charge in [-0.2, -0.15) is 0 Å². The van der Waals surface area contributed by atoms with Crippen molar-refractivity contribution in [3.05, 3.63) is 0 Å². The monoisotopic (exact) mass is 285 g/mol. The highest BCUT2D eigenvalue weighted by molar-refractivity contribution is 5.78. The average molecular weight is 285 g/mol. The van der Waals surface area contributed by atoms with E-state index in [1.54, 1.807) is 6.92 Å². The van der Waals surface area contributed by atoms with Crippen molar-refractivity contribution in [1.82, 2.24) is 15.1 Å². The number of likely N-dealkylation sites (N-methyl/N-ethyl adjacent to an activating group) is 2. The summed E-state index contributed by atoms with van der Waals surface area (Å²) in [6.07, 6.45) is 1.60. The lowest BCUT2D eigenvalue weighted by Crippen LogP contribution is -2.52. The summed E-state index contributed by atoms with van der Waals surface area (Å²) >= 11 is 0. The predicted molar refractivity (Wildman–Crippen MR) is 82.1 cm³/mol. The first-order valence-corrected chi connectivity index (χ1v) is 7.87. The van der Waals surface area contributed by atoms with E-state index in [0.717, 1.165) is 39.1 Å². The van der Waals surface area contributed by atoms with E-state index in [9.17, 15) is 9.90 Å². The highest BCUT2D eigenvalue weighted by Gasteiger charge is 2.31. The lowest BCUT2D eigenvalue weighted by molar-refractivity contribution is -0.144. The SMILES string of the molecule is CCNC(C)(CCCN1CCN(CC)C(C)C1)C(=O)O. The van der Waals surface area contributed by atoms with E-state index < -0.39 is 11.5 Å². The van der Waals surface area contributed by atoms with E-state index in [-0.39, 0.29) is 0 Å². The van der Waals surface area contributed by atoms with Crippen LogP contribution in [0.15, 0.2) is 0 Å². The topological polar surface area (TPSA) is 55.8 Å². The zero-order chi connectivity index (χ0) is 15.2. The van der Waals surface area contributed by atoms with Crippen molar-refractivity contribution in [3.63, 3.8) is 0 Å². The van der Waals surface area contributed by atoms with Crippen molar-refractivity contribution in [2.24, 2.45) is 0 Å². The van der Waals surface area contributed by atoms with Crippen molar-refractivity contribution in [2.45, 2.75) is 52.1 Å². The smallest absolute Gasteiger partial charge is 0.323 e. The molecule has 0 radical (unpaired) electrons. The Hall–Kier alpha value is -0.650. The van der Waals surface area contributed by atoms with Gasteiger partial charge in [0.15, 0.2) is 0 Å². The predicted octanol–water partition coefficient (Wildman–Crippen LogP) is 1.25. The van der Waals surface area contributed by atoms with Gasteiger partial charge in [0.25, 0.3) is 0 Å². The average Bonchev–Trinajstić information content (AvgIpc) is 2.39. The molecule has 0 spiro atoms. The van der Waals surface area contributed by atoms with Crippen LogP contribution < -0.4 is 5.32 Å². The molecule has 1 rings (SSSR count). The fraction of sp³-hybridized carbons (Fsp3) is 0.933. The van der Waals surface area contributed by atoms with Crippen LogP contribution in [0.3, 0.4) is 0 Å². The number of carbonyl (C=O) groups is 1. The van der Waals surface area contributed by atoms with Gasteiger partial charge < -0.3 is 15.3 Å². The maximum Gasteiger partial charge on any atom is 0.323 e. The molecule has 20 heavy (non-hydrogen) atoms. The van der Waals surface area contributed by atoms with Crippen LogP contribution in [0, 0.1) is 0 Å². The van der Waals surface area contributed by atoms with Crippen LogP contribution in [0.2, 0.25) is 0 Å². The Labute approximate surface area is 123 Å². The Morgan fingerprint density at radius 2 is 2.10 bits per heavy atom. The fourth-order valence-corrected chi connectivity index (χ4v) is 3.06. The van der Waals surface area contributed by atoms with Crippen LogP contribution in [-0.2, 0) is 4.79 Å². The number of rotatable bonds is 8. The third-order valence-corrected chi connectivity index (χ3v) is 4.45. The van der Waals surface area contributed by atoms with Gasteiger partial charge in [0.1, 0.15) is 5.54 Å². The minimum atomic E-state index is -0.786. The minimum Gasteiger partial charge on any atom is -0.480 e. The molecular weight excluding hydrogens is 254 g/mol. The normalized spacial score (nSPS) is 24.5. The number of hydrogen-bond donors (Lipinski definition) is 2. The van der Waals surface area contributed by atoms with Crippen LogP contribution in [0.25, 0.3) is 0 Å². The molecule has 0 amide bonds. The highest BCUT2D eigenvalue weighted by atomic mass is 16.4. The highest BCUT2D eigenvalue weighted by Crippen LogP contribution is 2.15. The van der Waals surface area contributed by atoms with Crippen molar-refractivity contribution in [2.75, 3.05) is 39.3 Å². The summed E-state index contributed by atoms with van der Waals surface area (Å²) in [6, 6.07) is 0.605. The van der Waals surface area contributed by atoms with E-state index in [2.05, 4.69) is 29.0 Å². The molecule has 5 heteroatoms. The first kappa shape index (κ1) is 17.4. The summed E-state index contributed by atoms with van der Waals surface area (Å²) in [5, 5.41) is 12.4. The van der Waals surface area contributed by atoms with Crippen LogP contribution in [0.4, 0.5) is 0 Å². The second kappa shape index (κ2) is 7.96. The van der Waals surface area contributed by atoms with Gasteiger partial charge in [0.2, 0.25) is 0 Å². The van der Waals surface area contributed by atoms with Crippen molar-refractivity contribution in [1.29, 1.82) is 0 Å². The van der Waals surface area contributed by atoms with Crippen LogP contribution in [0.5, 0.6) is 0 Å². The van der Waals surface area contributed by atoms with Gasteiger partial charge in [-0.1, -0.05) is 13.8 Å². The summed E-state index contributed by atoms with van der Waals surface area (Å²) in [5.74, 6) is -0.747. The van der Waals surface area contributed by atoms with Crippen molar-refractivity contribution in [3.8, 4) is 0 Å². The summed E-state index contributed by atoms with van der Waals surface area (Å²) in [5.41, 5.74) is -0.786. The Morgan fingerprint density at radius 3 is 2.60 bits per heavy atom. The number of piperazine rings is 1. The second-order valence-electron chi connectivity index (χ2n) is 6.05. The number of hydrogen-bond acceptors (Lipinski definition) is 4. The number of aliphatic carboxylic acids is 1. The van der Waals surface area contributed by atoms with Gasteiger partial charge in [0.05, 0.1) is 0 Å². The van der Waals surface area contributed by atoms with Gasteiger partial charge >= 0.3 is 5.97 Å². The number of nitrogens with one attached hydrogen (secondary N) is 1. The third-order valence-electron chi connectivity index (χ3n) is 4.45. The Bertz CT molecular complexity index is 311. The molecule has 0 aromatic carbocycles. The summed E-state index contributed by atoms with van der Waals surface area (Å²) in [7, 11) is 0. The number of nitrogens with zero attached hydrogens (tertiary/aromatic N) is 2. The van der Waals surface area contributed by atoms with Crippen LogP contribution >= 0.6 is 0 Å². The number of carboxylic acids is 1. The Kier molecular flexibility index (Phi) is 6.92. The second-order valence-corrected chi connectivity index (χ2v) is 6.05. The molecule has 0 bridgehead atoms. The zero-order valence-electron chi connectivity index (χ0n) is 13.5. The Balaban J connectivity index is 2.35. The number of carboxylic acid groups (broad SMARTS) is 1. The minimum absolute atomic E-state index is 0.605. The fourth-order valence-electron chi connectivity index (χ4n) is 3.06. The molecule has 1 aliphatic heterocycles. The summed E-state index contributed by atoms with van der Waals surface area (Å²) < 4.78 is 0. The summed E-state index contributed by atoms with van der Waals surface area (Å²) in [6.45, 7) is 14.3. The largest absolute Gasteiger partial charge is 0.480 e.